The lowest BCUT2D eigenvalue weighted by atomic mass is 10.2. The van der Waals surface area contributed by atoms with E-state index in [-0.39, 0.29) is 12.4 Å². The summed E-state index contributed by atoms with van der Waals surface area (Å²) >= 11 is 1.67. The summed E-state index contributed by atoms with van der Waals surface area (Å²) in [6, 6.07) is 7.43. The van der Waals surface area contributed by atoms with Gasteiger partial charge in [-0.05, 0) is 18.6 Å². The maximum absolute atomic E-state index is 8.62. The zero-order valence-corrected chi connectivity index (χ0v) is 9.07. The molecule has 82 valence electrons. The Labute approximate surface area is 92.8 Å². The third-order valence-corrected chi connectivity index (χ3v) is 2.93. The van der Waals surface area contributed by atoms with Crippen LogP contribution in [-0.4, -0.2) is 28.5 Å². The lowest BCUT2D eigenvalue weighted by molar-refractivity contribution is 0.296. The Bertz CT molecular complexity index is 325. The van der Waals surface area contributed by atoms with Crippen LogP contribution < -0.4 is 5.73 Å². The van der Waals surface area contributed by atoms with Crippen molar-refractivity contribution in [3.05, 3.63) is 29.8 Å². The summed E-state index contributed by atoms with van der Waals surface area (Å²) in [6.45, 7) is 0.217. The molecule has 5 heteroatoms. The van der Waals surface area contributed by atoms with Crippen molar-refractivity contribution in [1.82, 2.24) is 0 Å². The van der Waals surface area contributed by atoms with Gasteiger partial charge in [-0.2, -0.15) is 0 Å². The summed E-state index contributed by atoms with van der Waals surface area (Å²) in [5.74, 6) is 1.00. The Balaban J connectivity index is 2.56. The minimum absolute atomic E-state index is 0.113. The normalized spacial score (nSPS) is 11.7. The van der Waals surface area contributed by atoms with Gasteiger partial charge in [-0.15, -0.1) is 11.8 Å². The van der Waals surface area contributed by atoms with Crippen molar-refractivity contribution in [3.63, 3.8) is 0 Å². The fraction of sp³-hybridized carbons (Fsp3) is 0.300. The van der Waals surface area contributed by atoms with Gasteiger partial charge in [0.2, 0.25) is 0 Å². The lowest BCUT2D eigenvalue weighted by Gasteiger charge is -2.02. The first kappa shape index (κ1) is 11.9. The van der Waals surface area contributed by atoms with Crippen molar-refractivity contribution >= 4 is 17.6 Å². The Morgan fingerprint density at radius 1 is 1.33 bits per heavy atom. The van der Waals surface area contributed by atoms with Gasteiger partial charge in [0.05, 0.1) is 0 Å². The molecule has 0 heterocycles. The number of benzene rings is 1. The van der Waals surface area contributed by atoms with E-state index < -0.39 is 0 Å². The quantitative estimate of drug-likeness (QED) is 0.176. The Morgan fingerprint density at radius 2 is 2.00 bits per heavy atom. The van der Waals surface area contributed by atoms with Gasteiger partial charge in [-0.1, -0.05) is 17.3 Å². The van der Waals surface area contributed by atoms with E-state index >= 15 is 0 Å². The number of hydrogen-bond acceptors (Lipinski definition) is 4. The van der Waals surface area contributed by atoms with Gasteiger partial charge >= 0.3 is 0 Å². The van der Waals surface area contributed by atoms with Crippen molar-refractivity contribution < 1.29 is 10.3 Å². The third-order valence-electron chi connectivity index (χ3n) is 1.83. The zero-order valence-electron chi connectivity index (χ0n) is 8.26. The van der Waals surface area contributed by atoms with Crippen molar-refractivity contribution in [2.24, 2.45) is 10.9 Å². The topological polar surface area (TPSA) is 78.8 Å². The molecule has 0 aliphatic carbocycles. The van der Waals surface area contributed by atoms with Gasteiger partial charge in [-0.3, -0.25) is 0 Å². The number of rotatable bonds is 5. The van der Waals surface area contributed by atoms with Crippen LogP contribution in [0.15, 0.2) is 34.3 Å². The van der Waals surface area contributed by atoms with E-state index in [0.29, 0.717) is 5.56 Å². The minimum atomic E-state index is 0.113. The molecule has 0 aromatic heterocycles. The highest BCUT2D eigenvalue weighted by Crippen LogP contribution is 2.18. The summed E-state index contributed by atoms with van der Waals surface area (Å²) in [4.78, 5) is 1.11. The second kappa shape index (κ2) is 6.31. The molecule has 15 heavy (non-hydrogen) atoms. The molecule has 0 amide bonds. The van der Waals surface area contributed by atoms with Crippen LogP contribution in [0.1, 0.15) is 12.0 Å². The molecule has 1 aromatic rings. The molecule has 0 bridgehead atoms. The average Bonchev–Trinajstić information content (AvgIpc) is 2.29. The zero-order chi connectivity index (χ0) is 11.1. The first-order valence-corrected chi connectivity index (χ1v) is 5.58. The molecule has 0 saturated carbocycles. The van der Waals surface area contributed by atoms with Gasteiger partial charge in [-0.25, -0.2) is 0 Å². The summed E-state index contributed by atoms with van der Waals surface area (Å²) in [7, 11) is 0. The monoisotopic (exact) mass is 226 g/mol. The Hall–Kier alpha value is -1.20. The van der Waals surface area contributed by atoms with E-state index in [1.54, 1.807) is 23.9 Å². The largest absolute Gasteiger partial charge is 0.409 e. The smallest absolute Gasteiger partial charge is 0.170 e. The number of amidine groups is 1. The van der Waals surface area contributed by atoms with Crippen LogP contribution in [0.25, 0.3) is 0 Å². The Kier molecular flexibility index (Phi) is 5.00. The first-order valence-electron chi connectivity index (χ1n) is 4.59. The third kappa shape index (κ3) is 3.81. The van der Waals surface area contributed by atoms with Crippen LogP contribution in [0.3, 0.4) is 0 Å². The van der Waals surface area contributed by atoms with Crippen LogP contribution in [0.4, 0.5) is 0 Å². The molecular formula is C10H14N2O2S. The molecule has 0 unspecified atom stereocenters. The molecule has 1 aromatic carbocycles. The maximum Gasteiger partial charge on any atom is 0.170 e. The highest BCUT2D eigenvalue weighted by atomic mass is 32.2. The lowest BCUT2D eigenvalue weighted by Crippen LogP contribution is -2.12. The van der Waals surface area contributed by atoms with Crippen LogP contribution in [-0.2, 0) is 0 Å². The molecule has 0 fully saturated rings. The molecule has 0 saturated heterocycles. The van der Waals surface area contributed by atoms with E-state index in [2.05, 4.69) is 5.16 Å². The Morgan fingerprint density at radius 3 is 2.53 bits per heavy atom. The van der Waals surface area contributed by atoms with Gasteiger partial charge in [0.15, 0.2) is 5.84 Å². The number of nitrogens with two attached hydrogens (primary N) is 1. The predicted octanol–water partition coefficient (Wildman–Crippen LogP) is 1.26. The van der Waals surface area contributed by atoms with Crippen LogP contribution in [0.2, 0.25) is 0 Å². The minimum Gasteiger partial charge on any atom is -0.409 e. The second-order valence-corrected chi connectivity index (χ2v) is 4.10. The van der Waals surface area contributed by atoms with E-state index in [1.165, 1.54) is 0 Å². The van der Waals surface area contributed by atoms with Crippen LogP contribution >= 0.6 is 11.8 Å². The molecule has 4 nitrogen and oxygen atoms in total. The number of nitrogens with zero attached hydrogens (tertiary/aromatic N) is 1. The molecule has 0 atom stereocenters. The fourth-order valence-corrected chi connectivity index (χ4v) is 1.87. The van der Waals surface area contributed by atoms with E-state index in [9.17, 15) is 0 Å². The average molecular weight is 226 g/mol. The van der Waals surface area contributed by atoms with Crippen LogP contribution in [0, 0.1) is 0 Å². The number of aliphatic hydroxyl groups is 1. The van der Waals surface area contributed by atoms with Crippen molar-refractivity contribution in [2.45, 2.75) is 11.3 Å². The maximum atomic E-state index is 8.62. The number of oxime groups is 1. The molecule has 0 radical (unpaired) electrons. The highest BCUT2D eigenvalue weighted by molar-refractivity contribution is 7.99. The van der Waals surface area contributed by atoms with Crippen molar-refractivity contribution in [3.8, 4) is 0 Å². The summed E-state index contributed by atoms with van der Waals surface area (Å²) in [5.41, 5.74) is 6.12. The second-order valence-electron chi connectivity index (χ2n) is 2.94. The van der Waals surface area contributed by atoms with Gasteiger partial charge in [0, 0.05) is 22.8 Å². The summed E-state index contributed by atoms with van der Waals surface area (Å²) < 4.78 is 0. The van der Waals surface area contributed by atoms with Crippen molar-refractivity contribution in [2.75, 3.05) is 12.4 Å². The molecule has 0 aliphatic heterocycles. The molecule has 0 aliphatic rings. The van der Waals surface area contributed by atoms with Crippen molar-refractivity contribution in [1.29, 1.82) is 0 Å². The molecular weight excluding hydrogens is 212 g/mol. The molecule has 4 N–H and O–H groups in total. The van der Waals surface area contributed by atoms with Crippen LogP contribution in [0.5, 0.6) is 0 Å². The molecule has 0 spiro atoms. The first-order chi connectivity index (χ1) is 7.27. The number of aliphatic hydroxyl groups excluding tert-OH is 1. The van der Waals surface area contributed by atoms with E-state index in [1.807, 2.05) is 12.1 Å². The van der Waals surface area contributed by atoms with E-state index in [0.717, 1.165) is 17.1 Å². The highest BCUT2D eigenvalue weighted by Gasteiger charge is 1.99. The van der Waals surface area contributed by atoms with Gasteiger partial charge in [0.25, 0.3) is 0 Å². The molecule has 1 rings (SSSR count). The number of thioether (sulfide) groups is 1. The van der Waals surface area contributed by atoms with E-state index in [4.69, 9.17) is 16.0 Å². The standard InChI is InChI=1S/C10H14N2O2S/c11-10(12-14)8-2-4-9(5-3-8)15-7-1-6-13/h2-5,13-14H,1,6-7H2,(H2,11,12). The SMILES string of the molecule is NC(=NO)c1ccc(SCCCO)cc1. The van der Waals surface area contributed by atoms with Gasteiger partial charge < -0.3 is 16.0 Å². The predicted molar refractivity (Wildman–Crippen MR) is 61.4 cm³/mol. The van der Waals surface area contributed by atoms with Gasteiger partial charge in [0.1, 0.15) is 0 Å². The number of hydrogen-bond donors (Lipinski definition) is 3. The summed E-state index contributed by atoms with van der Waals surface area (Å²) in [6.07, 6.45) is 0.784. The fourth-order valence-electron chi connectivity index (χ4n) is 1.03. The summed E-state index contributed by atoms with van der Waals surface area (Å²) in [5, 5.41) is 20.0.